The minimum Gasteiger partial charge on any atom is -0.354 e. The maximum atomic E-state index is 12.6. The van der Waals surface area contributed by atoms with E-state index in [4.69, 9.17) is 0 Å². The molecule has 138 valence electrons. The van der Waals surface area contributed by atoms with Crippen molar-refractivity contribution in [3.63, 3.8) is 0 Å². The zero-order chi connectivity index (χ0) is 17.9. The van der Waals surface area contributed by atoms with Gasteiger partial charge in [-0.25, -0.2) is 4.98 Å². The number of hydrogen-bond donors (Lipinski definition) is 1. The highest BCUT2D eigenvalue weighted by Crippen LogP contribution is 2.29. The summed E-state index contributed by atoms with van der Waals surface area (Å²) in [5.41, 5.74) is -0.738. The van der Waals surface area contributed by atoms with E-state index in [1.807, 2.05) is 4.90 Å². The quantitative estimate of drug-likeness (QED) is 0.899. The zero-order valence-corrected chi connectivity index (χ0v) is 14.1. The van der Waals surface area contributed by atoms with E-state index in [1.54, 1.807) is 0 Å². The van der Waals surface area contributed by atoms with Gasteiger partial charge in [-0.15, -0.1) is 0 Å². The summed E-state index contributed by atoms with van der Waals surface area (Å²) < 4.78 is 37.7. The SMILES string of the molecule is O=C(CN1CCN(c2ccc(C(F)(F)F)cn2)CC1)NC1CCCC1. The Morgan fingerprint density at radius 1 is 1.16 bits per heavy atom. The summed E-state index contributed by atoms with van der Waals surface area (Å²) in [5.74, 6) is 0.607. The van der Waals surface area contributed by atoms with Gasteiger partial charge in [-0.05, 0) is 25.0 Å². The van der Waals surface area contributed by atoms with Crippen LogP contribution in [0.1, 0.15) is 31.2 Å². The molecule has 3 rings (SSSR count). The van der Waals surface area contributed by atoms with E-state index in [0.717, 1.165) is 25.1 Å². The Kier molecular flexibility index (Phi) is 5.46. The summed E-state index contributed by atoms with van der Waals surface area (Å²) in [6.45, 7) is 3.07. The Hall–Kier alpha value is -1.83. The Balaban J connectivity index is 1.45. The molecular formula is C17H23F3N4O. The van der Waals surface area contributed by atoms with Gasteiger partial charge in [-0.2, -0.15) is 13.2 Å². The van der Waals surface area contributed by atoms with Gasteiger partial charge in [-0.1, -0.05) is 12.8 Å². The molecule has 0 spiro atoms. The molecule has 1 aromatic rings. The second-order valence-electron chi connectivity index (χ2n) is 6.71. The van der Waals surface area contributed by atoms with Gasteiger partial charge in [0.25, 0.3) is 0 Å². The highest BCUT2D eigenvalue weighted by Gasteiger charge is 2.31. The minimum absolute atomic E-state index is 0.0630. The van der Waals surface area contributed by atoms with Crippen molar-refractivity contribution in [2.45, 2.75) is 37.9 Å². The molecule has 1 aliphatic heterocycles. The molecule has 25 heavy (non-hydrogen) atoms. The third-order valence-corrected chi connectivity index (χ3v) is 4.86. The number of amides is 1. The molecular weight excluding hydrogens is 333 g/mol. The molecule has 1 aliphatic carbocycles. The van der Waals surface area contributed by atoms with E-state index >= 15 is 0 Å². The lowest BCUT2D eigenvalue weighted by Gasteiger charge is -2.35. The fraction of sp³-hybridized carbons (Fsp3) is 0.647. The topological polar surface area (TPSA) is 48.5 Å². The van der Waals surface area contributed by atoms with Crippen molar-refractivity contribution in [1.82, 2.24) is 15.2 Å². The summed E-state index contributed by atoms with van der Waals surface area (Å²) >= 11 is 0. The van der Waals surface area contributed by atoms with Crippen LogP contribution >= 0.6 is 0 Å². The first kappa shape index (κ1) is 18.0. The smallest absolute Gasteiger partial charge is 0.354 e. The average Bonchev–Trinajstić information content (AvgIpc) is 3.08. The highest BCUT2D eigenvalue weighted by molar-refractivity contribution is 5.78. The fourth-order valence-electron chi connectivity index (χ4n) is 3.42. The van der Waals surface area contributed by atoms with Gasteiger partial charge in [0.1, 0.15) is 5.82 Å². The standard InChI is InChI=1S/C17H23F3N4O/c18-17(19,20)13-5-6-15(21-11-13)24-9-7-23(8-10-24)12-16(25)22-14-3-1-2-4-14/h5-6,11,14H,1-4,7-10,12H2,(H,22,25). The number of nitrogens with one attached hydrogen (secondary N) is 1. The molecule has 1 N–H and O–H groups in total. The van der Waals surface area contributed by atoms with Crippen LogP contribution in [-0.4, -0.2) is 54.6 Å². The first-order chi connectivity index (χ1) is 11.9. The van der Waals surface area contributed by atoms with E-state index in [9.17, 15) is 18.0 Å². The number of piperazine rings is 1. The molecule has 0 atom stereocenters. The first-order valence-electron chi connectivity index (χ1n) is 8.72. The predicted octanol–water partition coefficient (Wildman–Crippen LogP) is 2.28. The van der Waals surface area contributed by atoms with Crippen molar-refractivity contribution in [1.29, 1.82) is 0 Å². The fourth-order valence-corrected chi connectivity index (χ4v) is 3.42. The van der Waals surface area contributed by atoms with Crippen LogP contribution in [0.4, 0.5) is 19.0 Å². The minimum atomic E-state index is -4.36. The molecule has 8 heteroatoms. The van der Waals surface area contributed by atoms with Crippen LogP contribution in [0.3, 0.4) is 0 Å². The normalized spacial score (nSPS) is 20.0. The van der Waals surface area contributed by atoms with Crippen molar-refractivity contribution in [2.75, 3.05) is 37.6 Å². The second kappa shape index (κ2) is 7.59. The summed E-state index contributed by atoms with van der Waals surface area (Å²) in [5, 5.41) is 3.08. The number of carbonyl (C=O) groups is 1. The third-order valence-electron chi connectivity index (χ3n) is 4.86. The van der Waals surface area contributed by atoms with E-state index in [2.05, 4.69) is 15.2 Å². The monoisotopic (exact) mass is 356 g/mol. The van der Waals surface area contributed by atoms with Crippen molar-refractivity contribution in [3.05, 3.63) is 23.9 Å². The molecule has 1 amide bonds. The number of alkyl halides is 3. The molecule has 0 aromatic carbocycles. The molecule has 0 bridgehead atoms. The number of anilines is 1. The molecule has 0 unspecified atom stereocenters. The van der Waals surface area contributed by atoms with Crippen molar-refractivity contribution >= 4 is 11.7 Å². The van der Waals surface area contributed by atoms with Crippen LogP contribution in [-0.2, 0) is 11.0 Å². The van der Waals surface area contributed by atoms with Crippen LogP contribution in [0.15, 0.2) is 18.3 Å². The predicted molar refractivity (Wildman–Crippen MR) is 88.3 cm³/mol. The van der Waals surface area contributed by atoms with E-state index < -0.39 is 11.7 Å². The van der Waals surface area contributed by atoms with Crippen molar-refractivity contribution in [3.8, 4) is 0 Å². The van der Waals surface area contributed by atoms with Gasteiger partial charge in [0.15, 0.2) is 0 Å². The molecule has 1 saturated carbocycles. The Labute approximate surface area is 145 Å². The number of halogens is 3. The van der Waals surface area contributed by atoms with Crippen LogP contribution in [0.2, 0.25) is 0 Å². The molecule has 0 radical (unpaired) electrons. The molecule has 1 saturated heterocycles. The summed E-state index contributed by atoms with van der Waals surface area (Å²) in [4.78, 5) is 20.0. The van der Waals surface area contributed by atoms with E-state index in [1.165, 1.54) is 18.9 Å². The largest absolute Gasteiger partial charge is 0.417 e. The van der Waals surface area contributed by atoms with Gasteiger partial charge >= 0.3 is 6.18 Å². The summed E-state index contributed by atoms with van der Waals surface area (Å²) in [6.07, 6.45) is 1.01. The number of carbonyl (C=O) groups excluding carboxylic acids is 1. The maximum absolute atomic E-state index is 12.6. The molecule has 2 aliphatic rings. The number of aromatic nitrogens is 1. The number of nitrogens with zero attached hydrogens (tertiary/aromatic N) is 3. The van der Waals surface area contributed by atoms with Crippen LogP contribution in [0.5, 0.6) is 0 Å². The average molecular weight is 356 g/mol. The Morgan fingerprint density at radius 3 is 2.40 bits per heavy atom. The second-order valence-corrected chi connectivity index (χ2v) is 6.71. The van der Waals surface area contributed by atoms with Crippen LogP contribution < -0.4 is 10.2 Å². The first-order valence-corrected chi connectivity index (χ1v) is 8.72. The lowest BCUT2D eigenvalue weighted by molar-refractivity contribution is -0.137. The Morgan fingerprint density at radius 2 is 1.84 bits per heavy atom. The zero-order valence-electron chi connectivity index (χ0n) is 14.1. The van der Waals surface area contributed by atoms with Gasteiger partial charge < -0.3 is 10.2 Å². The third kappa shape index (κ3) is 4.84. The summed E-state index contributed by atoms with van der Waals surface area (Å²) in [7, 11) is 0. The van der Waals surface area contributed by atoms with Gasteiger partial charge in [0, 0.05) is 38.4 Å². The van der Waals surface area contributed by atoms with Crippen LogP contribution in [0, 0.1) is 0 Å². The Bertz CT molecular complexity index is 577. The molecule has 2 fully saturated rings. The highest BCUT2D eigenvalue weighted by atomic mass is 19.4. The number of hydrogen-bond acceptors (Lipinski definition) is 4. The van der Waals surface area contributed by atoms with Gasteiger partial charge in [-0.3, -0.25) is 9.69 Å². The molecule has 5 nitrogen and oxygen atoms in total. The summed E-state index contributed by atoms with van der Waals surface area (Å²) in [6, 6.07) is 2.79. The molecule has 2 heterocycles. The lowest BCUT2D eigenvalue weighted by Crippen LogP contribution is -2.50. The van der Waals surface area contributed by atoms with E-state index in [0.29, 0.717) is 44.6 Å². The van der Waals surface area contributed by atoms with Crippen molar-refractivity contribution < 1.29 is 18.0 Å². The van der Waals surface area contributed by atoms with E-state index in [-0.39, 0.29) is 5.91 Å². The van der Waals surface area contributed by atoms with Gasteiger partial charge in [0.05, 0.1) is 12.1 Å². The van der Waals surface area contributed by atoms with Crippen molar-refractivity contribution in [2.24, 2.45) is 0 Å². The van der Waals surface area contributed by atoms with Gasteiger partial charge in [0.2, 0.25) is 5.91 Å². The number of pyridine rings is 1. The lowest BCUT2D eigenvalue weighted by atomic mass is 10.2. The maximum Gasteiger partial charge on any atom is 0.417 e. The molecule has 1 aromatic heterocycles. The van der Waals surface area contributed by atoms with Crippen LogP contribution in [0.25, 0.3) is 0 Å². The number of rotatable bonds is 4.